The zero-order valence-electron chi connectivity index (χ0n) is 9.28. The fraction of sp³-hybridized carbons (Fsp3) is 0. The Morgan fingerprint density at radius 1 is 0.889 bits per heavy atom. The van der Waals surface area contributed by atoms with E-state index in [-0.39, 0.29) is 0 Å². The van der Waals surface area contributed by atoms with Gasteiger partial charge >= 0.3 is 0 Å². The highest BCUT2D eigenvalue weighted by Crippen LogP contribution is 2.34. The molecule has 0 radical (unpaired) electrons. The lowest BCUT2D eigenvalue weighted by molar-refractivity contribution is 1.40. The van der Waals surface area contributed by atoms with Crippen LogP contribution in [-0.2, 0) is 0 Å². The molecule has 0 spiro atoms. The molecule has 1 N–H and O–H groups in total. The van der Waals surface area contributed by atoms with E-state index in [0.29, 0.717) is 0 Å². The minimum Gasteiger partial charge on any atom is -0.361 e. The van der Waals surface area contributed by atoms with Crippen LogP contribution in [0, 0.1) is 0 Å². The minimum atomic E-state index is 0.747. The molecule has 0 amide bonds. The first-order valence-electron chi connectivity index (χ1n) is 5.42. The third-order valence-corrected chi connectivity index (χ3v) is 4.19. The zero-order valence-corrected chi connectivity index (χ0v) is 11.6. The Morgan fingerprint density at radius 3 is 2.44 bits per heavy atom. The molecule has 4 heteroatoms. The van der Waals surface area contributed by atoms with Crippen LogP contribution in [0.15, 0.2) is 58.5 Å². The third kappa shape index (κ3) is 2.37. The summed E-state index contributed by atoms with van der Waals surface area (Å²) in [7, 11) is 0. The summed E-state index contributed by atoms with van der Waals surface area (Å²) in [6, 6.07) is 13.8. The maximum absolute atomic E-state index is 6.24. The van der Waals surface area contributed by atoms with Crippen LogP contribution in [0.4, 0.5) is 0 Å². The summed E-state index contributed by atoms with van der Waals surface area (Å²) < 4.78 is 0. The van der Waals surface area contributed by atoms with E-state index in [0.717, 1.165) is 30.7 Å². The molecule has 0 aliphatic heterocycles. The molecule has 0 atom stereocenters. The Kier molecular flexibility index (Phi) is 3.25. The second-order valence-electron chi connectivity index (χ2n) is 3.90. The van der Waals surface area contributed by atoms with E-state index in [9.17, 15) is 0 Å². The minimum absolute atomic E-state index is 0.747. The summed E-state index contributed by atoms with van der Waals surface area (Å²) in [5.74, 6) is 0. The number of rotatable bonds is 2. The molecule has 90 valence electrons. The van der Waals surface area contributed by atoms with Crippen molar-refractivity contribution in [3.63, 3.8) is 0 Å². The molecule has 3 rings (SSSR count). The highest BCUT2D eigenvalue weighted by Gasteiger charge is 2.04. The molecular weight excluding hydrogens is 285 g/mol. The fourth-order valence-electron chi connectivity index (χ4n) is 1.79. The van der Waals surface area contributed by atoms with Crippen molar-refractivity contribution in [2.24, 2.45) is 0 Å². The first-order chi connectivity index (χ1) is 8.72. The molecule has 0 saturated carbocycles. The molecule has 0 aliphatic rings. The van der Waals surface area contributed by atoms with E-state index in [1.54, 1.807) is 11.8 Å². The second kappa shape index (κ2) is 4.88. The van der Waals surface area contributed by atoms with E-state index in [1.807, 2.05) is 42.6 Å². The maximum Gasteiger partial charge on any atom is 0.0511 e. The molecule has 0 bridgehead atoms. The van der Waals surface area contributed by atoms with Crippen LogP contribution in [0.1, 0.15) is 0 Å². The lowest BCUT2D eigenvalue weighted by Crippen LogP contribution is -1.76. The molecule has 0 unspecified atom stereocenters. The molecule has 1 heterocycles. The van der Waals surface area contributed by atoms with Crippen LogP contribution in [0.2, 0.25) is 10.0 Å². The normalized spacial score (nSPS) is 11.0. The van der Waals surface area contributed by atoms with Gasteiger partial charge in [-0.2, -0.15) is 0 Å². The molecule has 1 nitrogen and oxygen atoms in total. The largest absolute Gasteiger partial charge is 0.361 e. The predicted octanol–water partition coefficient (Wildman–Crippen LogP) is 5.63. The number of H-pyrrole nitrogens is 1. The Bertz CT molecular complexity index is 689. The fourth-order valence-corrected chi connectivity index (χ4v) is 3.17. The van der Waals surface area contributed by atoms with Crippen LogP contribution in [0.3, 0.4) is 0 Å². The van der Waals surface area contributed by atoms with E-state index in [2.05, 4.69) is 11.1 Å². The Labute approximate surface area is 119 Å². The first-order valence-corrected chi connectivity index (χ1v) is 7.00. The summed E-state index contributed by atoms with van der Waals surface area (Å²) in [6.07, 6.45) is 1.90. The molecule has 1 aromatic heterocycles. The Hall–Kier alpha value is -1.09. The number of aromatic amines is 1. The molecular formula is C14H9Cl2NS. The average molecular weight is 294 g/mol. The topological polar surface area (TPSA) is 15.8 Å². The molecule has 3 aromatic rings. The number of hydrogen-bond donors (Lipinski definition) is 1. The van der Waals surface area contributed by atoms with Crippen molar-refractivity contribution >= 4 is 45.9 Å². The van der Waals surface area contributed by atoms with Gasteiger partial charge in [-0.3, -0.25) is 0 Å². The van der Waals surface area contributed by atoms with Crippen LogP contribution in [-0.4, -0.2) is 4.98 Å². The highest BCUT2D eigenvalue weighted by molar-refractivity contribution is 7.99. The highest BCUT2D eigenvalue weighted by atomic mass is 35.5. The lowest BCUT2D eigenvalue weighted by atomic mass is 10.2. The standard InChI is InChI=1S/C14H9Cl2NS/c15-9-1-3-10(4-2-9)18-11-7-13(16)12-5-6-17-14(12)8-11/h1-8,17H. The predicted molar refractivity (Wildman–Crippen MR) is 78.9 cm³/mol. The van der Waals surface area contributed by atoms with Crippen molar-refractivity contribution in [3.8, 4) is 0 Å². The number of halogens is 2. The van der Waals surface area contributed by atoms with E-state index in [1.165, 1.54) is 0 Å². The van der Waals surface area contributed by atoms with Crippen molar-refractivity contribution in [2.75, 3.05) is 0 Å². The SMILES string of the molecule is Clc1ccc(Sc2cc(Cl)c3cc[nH]c3c2)cc1. The van der Waals surface area contributed by atoms with Crippen LogP contribution in [0.5, 0.6) is 0 Å². The third-order valence-electron chi connectivity index (χ3n) is 2.64. The van der Waals surface area contributed by atoms with Crippen molar-refractivity contribution in [1.82, 2.24) is 4.98 Å². The van der Waals surface area contributed by atoms with Gasteiger partial charge in [0, 0.05) is 31.9 Å². The van der Waals surface area contributed by atoms with Gasteiger partial charge in [-0.1, -0.05) is 35.0 Å². The number of hydrogen-bond acceptors (Lipinski definition) is 1. The van der Waals surface area contributed by atoms with Gasteiger partial charge in [0.1, 0.15) is 0 Å². The maximum atomic E-state index is 6.24. The molecule has 0 saturated heterocycles. The van der Waals surface area contributed by atoms with Crippen LogP contribution < -0.4 is 0 Å². The number of benzene rings is 2. The quantitative estimate of drug-likeness (QED) is 0.648. The van der Waals surface area contributed by atoms with Gasteiger partial charge < -0.3 is 4.98 Å². The first kappa shape index (κ1) is 12.0. The van der Waals surface area contributed by atoms with Gasteiger partial charge in [-0.25, -0.2) is 0 Å². The Balaban J connectivity index is 1.97. The van der Waals surface area contributed by atoms with Gasteiger partial charge in [-0.15, -0.1) is 0 Å². The zero-order chi connectivity index (χ0) is 12.5. The van der Waals surface area contributed by atoms with Gasteiger partial charge in [0.25, 0.3) is 0 Å². The summed E-state index contributed by atoms with van der Waals surface area (Å²) in [6.45, 7) is 0. The van der Waals surface area contributed by atoms with Crippen LogP contribution >= 0.6 is 35.0 Å². The van der Waals surface area contributed by atoms with Crippen molar-refractivity contribution in [1.29, 1.82) is 0 Å². The van der Waals surface area contributed by atoms with Gasteiger partial charge in [0.05, 0.1) is 5.02 Å². The number of nitrogens with one attached hydrogen (secondary N) is 1. The summed E-state index contributed by atoms with van der Waals surface area (Å²) >= 11 is 13.8. The van der Waals surface area contributed by atoms with E-state index < -0.39 is 0 Å². The van der Waals surface area contributed by atoms with Gasteiger partial charge in [0.2, 0.25) is 0 Å². The number of aromatic nitrogens is 1. The molecule has 0 fully saturated rings. The van der Waals surface area contributed by atoms with Gasteiger partial charge in [-0.05, 0) is 42.5 Å². The van der Waals surface area contributed by atoms with Crippen molar-refractivity contribution in [3.05, 3.63) is 58.7 Å². The summed E-state index contributed by atoms with van der Waals surface area (Å²) in [4.78, 5) is 5.43. The Morgan fingerprint density at radius 2 is 1.67 bits per heavy atom. The van der Waals surface area contributed by atoms with E-state index >= 15 is 0 Å². The lowest BCUT2D eigenvalue weighted by Gasteiger charge is -2.03. The average Bonchev–Trinajstić information content (AvgIpc) is 2.81. The molecule has 0 aliphatic carbocycles. The summed E-state index contributed by atoms with van der Waals surface area (Å²) in [5.41, 5.74) is 1.05. The monoisotopic (exact) mass is 293 g/mol. The molecule has 18 heavy (non-hydrogen) atoms. The molecule has 2 aromatic carbocycles. The van der Waals surface area contributed by atoms with Crippen LogP contribution in [0.25, 0.3) is 10.9 Å². The second-order valence-corrected chi connectivity index (χ2v) is 5.89. The van der Waals surface area contributed by atoms with E-state index in [4.69, 9.17) is 23.2 Å². The summed E-state index contributed by atoms with van der Waals surface area (Å²) in [5, 5.41) is 2.57. The number of fused-ring (bicyclic) bond motifs is 1. The van der Waals surface area contributed by atoms with Crippen molar-refractivity contribution < 1.29 is 0 Å². The smallest absolute Gasteiger partial charge is 0.0511 e. The van der Waals surface area contributed by atoms with Crippen molar-refractivity contribution in [2.45, 2.75) is 9.79 Å². The van der Waals surface area contributed by atoms with Gasteiger partial charge in [0.15, 0.2) is 0 Å².